The fourth-order valence-electron chi connectivity index (χ4n) is 2.66. The molecule has 0 aliphatic rings. The first-order valence-electron chi connectivity index (χ1n) is 7.67. The minimum absolute atomic E-state index is 0.0818. The molecule has 2 atom stereocenters. The van der Waals surface area contributed by atoms with E-state index in [2.05, 4.69) is 55.6 Å². The normalized spacial score (nSPS) is 14.0. The van der Waals surface area contributed by atoms with Gasteiger partial charge in [-0.2, -0.15) is 0 Å². The zero-order chi connectivity index (χ0) is 15.1. The molecule has 0 amide bonds. The molecule has 114 valence electrons. The maximum absolute atomic E-state index is 5.80. The number of thiophene rings is 1. The van der Waals surface area contributed by atoms with Crippen molar-refractivity contribution < 1.29 is 4.74 Å². The molecular weight excluding hydrogens is 278 g/mol. The minimum Gasteiger partial charge on any atom is -0.375 e. The molecular formula is C18H25NOS. The van der Waals surface area contributed by atoms with Crippen LogP contribution in [0.1, 0.15) is 35.3 Å². The molecule has 0 saturated heterocycles. The van der Waals surface area contributed by atoms with Gasteiger partial charge in [0.05, 0.1) is 6.10 Å². The lowest BCUT2D eigenvalue weighted by atomic mass is 9.98. The van der Waals surface area contributed by atoms with Gasteiger partial charge in [-0.15, -0.1) is 11.3 Å². The van der Waals surface area contributed by atoms with Gasteiger partial charge < -0.3 is 10.1 Å². The second-order valence-electron chi connectivity index (χ2n) is 5.16. The molecule has 0 bridgehead atoms. The number of hydrogen-bond donors (Lipinski definition) is 1. The van der Waals surface area contributed by atoms with Crippen LogP contribution >= 0.6 is 11.3 Å². The van der Waals surface area contributed by atoms with Gasteiger partial charge in [-0.25, -0.2) is 0 Å². The number of aryl methyl sites for hydroxylation is 1. The highest BCUT2D eigenvalue weighted by Gasteiger charge is 2.23. The van der Waals surface area contributed by atoms with Gasteiger partial charge in [0.15, 0.2) is 0 Å². The van der Waals surface area contributed by atoms with Crippen molar-refractivity contribution in [3.63, 3.8) is 0 Å². The van der Waals surface area contributed by atoms with Crippen molar-refractivity contribution in [2.45, 2.75) is 38.8 Å². The summed E-state index contributed by atoms with van der Waals surface area (Å²) >= 11 is 1.91. The molecule has 0 aliphatic carbocycles. The third-order valence-electron chi connectivity index (χ3n) is 3.70. The summed E-state index contributed by atoms with van der Waals surface area (Å²) in [5, 5.41) is 3.59. The lowest BCUT2D eigenvalue weighted by Crippen LogP contribution is -2.37. The van der Waals surface area contributed by atoms with Crippen molar-refractivity contribution in [2.75, 3.05) is 13.7 Å². The Balaban J connectivity index is 2.16. The van der Waals surface area contributed by atoms with Crippen molar-refractivity contribution in [3.8, 4) is 0 Å². The Labute approximate surface area is 132 Å². The Morgan fingerprint density at radius 3 is 2.33 bits per heavy atom. The first-order valence-corrected chi connectivity index (χ1v) is 8.48. The molecule has 0 aliphatic heterocycles. The molecule has 2 aromatic rings. The summed E-state index contributed by atoms with van der Waals surface area (Å²) in [7, 11) is 1.80. The van der Waals surface area contributed by atoms with Crippen molar-refractivity contribution in [1.29, 1.82) is 0 Å². The second-order valence-corrected chi connectivity index (χ2v) is 6.41. The Morgan fingerprint density at radius 1 is 1.05 bits per heavy atom. The number of ether oxygens (including phenoxy) is 1. The van der Waals surface area contributed by atoms with Gasteiger partial charge in [0.2, 0.25) is 0 Å². The van der Waals surface area contributed by atoms with E-state index >= 15 is 0 Å². The summed E-state index contributed by atoms with van der Waals surface area (Å²) in [6.07, 6.45) is 2.20. The number of rotatable bonds is 8. The van der Waals surface area contributed by atoms with Crippen LogP contribution in [0.4, 0.5) is 0 Å². The van der Waals surface area contributed by atoms with Crippen LogP contribution in [0.25, 0.3) is 0 Å². The molecule has 1 aromatic carbocycles. The molecule has 1 aromatic heterocycles. The van der Waals surface area contributed by atoms with Gasteiger partial charge in [0.1, 0.15) is 0 Å². The van der Waals surface area contributed by atoms with Gasteiger partial charge in [-0.05, 0) is 37.1 Å². The monoisotopic (exact) mass is 303 g/mol. The summed E-state index contributed by atoms with van der Waals surface area (Å²) < 4.78 is 5.80. The Bertz CT molecular complexity index is 523. The van der Waals surface area contributed by atoms with Gasteiger partial charge in [-0.3, -0.25) is 0 Å². The van der Waals surface area contributed by atoms with Crippen LogP contribution in [0.5, 0.6) is 0 Å². The summed E-state index contributed by atoms with van der Waals surface area (Å²) in [5.74, 6) is 0. The van der Waals surface area contributed by atoms with E-state index in [9.17, 15) is 0 Å². The number of methoxy groups -OCH3 is 1. The number of benzene rings is 1. The van der Waals surface area contributed by atoms with E-state index in [-0.39, 0.29) is 6.10 Å². The Hall–Kier alpha value is -1.16. The first kappa shape index (κ1) is 16.2. The molecule has 2 nitrogen and oxygen atoms in total. The van der Waals surface area contributed by atoms with Crippen LogP contribution < -0.4 is 5.32 Å². The van der Waals surface area contributed by atoms with E-state index in [4.69, 9.17) is 4.74 Å². The third kappa shape index (κ3) is 4.40. The molecule has 0 spiro atoms. The predicted molar refractivity (Wildman–Crippen MR) is 91.1 cm³/mol. The van der Waals surface area contributed by atoms with E-state index in [1.807, 2.05) is 17.4 Å². The van der Waals surface area contributed by atoms with Crippen LogP contribution in [0.2, 0.25) is 0 Å². The number of nitrogens with one attached hydrogen (secondary N) is 1. The van der Waals surface area contributed by atoms with Crippen LogP contribution in [0.3, 0.4) is 0 Å². The van der Waals surface area contributed by atoms with Crippen LogP contribution in [0.15, 0.2) is 42.5 Å². The molecule has 0 saturated carbocycles. The van der Waals surface area contributed by atoms with E-state index in [1.54, 1.807) is 7.11 Å². The highest BCUT2D eigenvalue weighted by Crippen LogP contribution is 2.26. The SMILES string of the molecule is CCNC(Cc1ccc(CC)s1)C(OC)c1ccccc1. The van der Waals surface area contributed by atoms with Gasteiger partial charge >= 0.3 is 0 Å². The standard InChI is InChI=1S/C18H25NOS/c1-4-15-11-12-16(21-15)13-17(19-5-2)18(20-3)14-9-7-6-8-10-14/h6-12,17-19H,4-5,13H2,1-3H3. The van der Waals surface area contributed by atoms with Crippen LogP contribution in [-0.2, 0) is 17.6 Å². The molecule has 2 rings (SSSR count). The topological polar surface area (TPSA) is 21.3 Å². The van der Waals surface area contributed by atoms with E-state index in [0.29, 0.717) is 6.04 Å². The first-order chi connectivity index (χ1) is 10.3. The zero-order valence-corrected chi connectivity index (χ0v) is 14.0. The molecule has 1 N–H and O–H groups in total. The maximum atomic E-state index is 5.80. The van der Waals surface area contributed by atoms with E-state index < -0.39 is 0 Å². The average molecular weight is 303 g/mol. The molecule has 0 radical (unpaired) electrons. The van der Waals surface area contributed by atoms with Crippen molar-refractivity contribution in [1.82, 2.24) is 5.32 Å². The van der Waals surface area contributed by atoms with Crippen molar-refractivity contribution in [3.05, 3.63) is 57.8 Å². The fraction of sp³-hybridized carbons (Fsp3) is 0.444. The largest absolute Gasteiger partial charge is 0.375 e. The minimum atomic E-state index is 0.0818. The number of likely N-dealkylation sites (N-methyl/N-ethyl adjacent to an activating group) is 1. The van der Waals surface area contributed by atoms with Crippen LogP contribution in [0, 0.1) is 0 Å². The molecule has 0 fully saturated rings. The highest BCUT2D eigenvalue weighted by molar-refractivity contribution is 7.11. The van der Waals surface area contributed by atoms with E-state index in [0.717, 1.165) is 19.4 Å². The molecule has 3 heteroatoms. The predicted octanol–water partition coefficient (Wildman–Crippen LogP) is 4.22. The van der Waals surface area contributed by atoms with Gasteiger partial charge in [-0.1, -0.05) is 44.2 Å². The van der Waals surface area contributed by atoms with Gasteiger partial charge in [0, 0.05) is 22.9 Å². The Morgan fingerprint density at radius 2 is 1.76 bits per heavy atom. The molecule has 1 heterocycles. The van der Waals surface area contributed by atoms with Crippen LogP contribution in [-0.4, -0.2) is 19.7 Å². The smallest absolute Gasteiger partial charge is 0.0977 e. The summed E-state index contributed by atoms with van der Waals surface area (Å²) in [6, 6.07) is 15.3. The quantitative estimate of drug-likeness (QED) is 0.788. The fourth-order valence-corrected chi connectivity index (χ4v) is 3.68. The summed E-state index contributed by atoms with van der Waals surface area (Å²) in [6.45, 7) is 5.30. The molecule has 2 unspecified atom stereocenters. The Kier molecular flexibility index (Phi) is 6.43. The van der Waals surface area contributed by atoms with Crippen molar-refractivity contribution in [2.24, 2.45) is 0 Å². The lowest BCUT2D eigenvalue weighted by Gasteiger charge is -2.27. The maximum Gasteiger partial charge on any atom is 0.0977 e. The molecule has 21 heavy (non-hydrogen) atoms. The third-order valence-corrected chi connectivity index (χ3v) is 4.95. The summed E-state index contributed by atoms with van der Waals surface area (Å²) in [4.78, 5) is 2.88. The van der Waals surface area contributed by atoms with Gasteiger partial charge in [0.25, 0.3) is 0 Å². The zero-order valence-electron chi connectivity index (χ0n) is 13.1. The van der Waals surface area contributed by atoms with Crippen molar-refractivity contribution >= 4 is 11.3 Å². The highest BCUT2D eigenvalue weighted by atomic mass is 32.1. The summed E-state index contributed by atoms with van der Waals surface area (Å²) in [5.41, 5.74) is 1.23. The average Bonchev–Trinajstić information content (AvgIpc) is 2.97. The second kappa shape index (κ2) is 8.32. The van der Waals surface area contributed by atoms with E-state index in [1.165, 1.54) is 15.3 Å². The number of hydrogen-bond acceptors (Lipinski definition) is 3. The lowest BCUT2D eigenvalue weighted by molar-refractivity contribution is 0.0686.